The fraction of sp³-hybridized carbons (Fsp3) is 0.417. The van der Waals surface area contributed by atoms with Gasteiger partial charge < -0.3 is 4.42 Å². The average Bonchev–Trinajstić information content (AvgIpc) is 2.59. The van der Waals surface area contributed by atoms with Gasteiger partial charge in [0, 0.05) is 18.5 Å². The van der Waals surface area contributed by atoms with Crippen molar-refractivity contribution in [1.82, 2.24) is 9.97 Å². The molecule has 0 aromatic carbocycles. The predicted molar refractivity (Wildman–Crippen MR) is 60.3 cm³/mol. The van der Waals surface area contributed by atoms with E-state index in [0.29, 0.717) is 18.0 Å². The van der Waals surface area contributed by atoms with E-state index in [-0.39, 0.29) is 11.7 Å². The van der Waals surface area contributed by atoms with Crippen molar-refractivity contribution >= 4 is 17.0 Å². The molecule has 0 saturated heterocycles. The number of nitrogens with zero attached hydrogens (tertiary/aromatic N) is 2. The summed E-state index contributed by atoms with van der Waals surface area (Å²) in [4.78, 5) is 19.5. The number of hydrogen-bond donors (Lipinski definition) is 0. The lowest BCUT2D eigenvalue weighted by Gasteiger charge is -1.94. The number of rotatable bonds is 3. The van der Waals surface area contributed by atoms with Gasteiger partial charge in [-0.2, -0.15) is 0 Å². The van der Waals surface area contributed by atoms with Crippen LogP contribution in [0.1, 0.15) is 38.1 Å². The summed E-state index contributed by atoms with van der Waals surface area (Å²) in [5.41, 5.74) is 2.14. The molecule has 0 N–H and O–H groups in total. The molecule has 0 radical (unpaired) electrons. The van der Waals surface area contributed by atoms with Crippen LogP contribution in [0.4, 0.5) is 0 Å². The van der Waals surface area contributed by atoms with E-state index in [1.165, 1.54) is 0 Å². The van der Waals surface area contributed by atoms with Crippen LogP contribution in [0, 0.1) is 0 Å². The highest BCUT2D eigenvalue weighted by Gasteiger charge is 2.11. The van der Waals surface area contributed by atoms with Crippen LogP contribution in [0.5, 0.6) is 0 Å². The molecular formula is C12H14N2O2. The van der Waals surface area contributed by atoms with Crippen molar-refractivity contribution in [2.45, 2.75) is 33.1 Å². The maximum Gasteiger partial charge on any atom is 0.246 e. The topological polar surface area (TPSA) is 56.0 Å². The summed E-state index contributed by atoms with van der Waals surface area (Å²) in [6.07, 6.45) is 2.06. The molecular weight excluding hydrogens is 204 g/mol. The molecule has 0 saturated carbocycles. The van der Waals surface area contributed by atoms with Crippen molar-refractivity contribution < 1.29 is 9.21 Å². The Balaban J connectivity index is 2.41. The van der Waals surface area contributed by atoms with Crippen LogP contribution in [-0.2, 0) is 11.2 Å². The van der Waals surface area contributed by atoms with Crippen molar-refractivity contribution in [1.29, 1.82) is 0 Å². The first-order valence-corrected chi connectivity index (χ1v) is 5.31. The molecule has 0 aliphatic carbocycles. The molecule has 0 amide bonds. The molecule has 84 valence electrons. The molecule has 2 aromatic heterocycles. The van der Waals surface area contributed by atoms with Crippen LogP contribution in [0.3, 0.4) is 0 Å². The summed E-state index contributed by atoms with van der Waals surface area (Å²) in [5.74, 6) is 1.04. The van der Waals surface area contributed by atoms with Crippen LogP contribution in [0.15, 0.2) is 16.7 Å². The van der Waals surface area contributed by atoms with E-state index in [1.54, 1.807) is 13.1 Å². The third kappa shape index (κ3) is 2.10. The molecule has 0 bridgehead atoms. The Kier molecular flexibility index (Phi) is 2.73. The first-order chi connectivity index (χ1) is 7.56. The number of ketones is 1. The van der Waals surface area contributed by atoms with Gasteiger partial charge in [-0.3, -0.25) is 4.79 Å². The lowest BCUT2D eigenvalue weighted by molar-refractivity contribution is -0.116. The monoisotopic (exact) mass is 218 g/mol. The maximum absolute atomic E-state index is 11.0. The fourth-order valence-electron chi connectivity index (χ4n) is 1.51. The van der Waals surface area contributed by atoms with E-state index in [2.05, 4.69) is 9.97 Å². The standard InChI is InChI=1S/C12H14N2O2/c1-7(2)11-14-10-5-9(4-8(3)15)6-13-12(10)16-11/h5-7H,4H2,1-3H3. The minimum atomic E-state index is 0.119. The number of carbonyl (C=O) groups is 1. The van der Waals surface area contributed by atoms with Gasteiger partial charge in [0.15, 0.2) is 5.89 Å². The SMILES string of the molecule is CC(=O)Cc1cnc2oc(C(C)C)nc2c1. The van der Waals surface area contributed by atoms with Crippen LogP contribution in [-0.4, -0.2) is 15.8 Å². The third-order valence-electron chi connectivity index (χ3n) is 2.27. The zero-order valence-electron chi connectivity index (χ0n) is 9.65. The number of fused-ring (bicyclic) bond motifs is 1. The van der Waals surface area contributed by atoms with Gasteiger partial charge in [0.05, 0.1) is 0 Å². The van der Waals surface area contributed by atoms with Gasteiger partial charge in [0.25, 0.3) is 0 Å². The largest absolute Gasteiger partial charge is 0.422 e. The number of hydrogen-bond acceptors (Lipinski definition) is 4. The molecule has 0 aliphatic heterocycles. The van der Waals surface area contributed by atoms with E-state index in [4.69, 9.17) is 4.42 Å². The maximum atomic E-state index is 11.0. The van der Waals surface area contributed by atoms with E-state index in [1.807, 2.05) is 19.9 Å². The minimum absolute atomic E-state index is 0.119. The second kappa shape index (κ2) is 4.04. The van der Waals surface area contributed by atoms with Crippen molar-refractivity contribution in [2.24, 2.45) is 0 Å². The van der Waals surface area contributed by atoms with Crippen molar-refractivity contribution in [2.75, 3.05) is 0 Å². The third-order valence-corrected chi connectivity index (χ3v) is 2.27. The molecule has 4 heteroatoms. The molecule has 2 aromatic rings. The fourth-order valence-corrected chi connectivity index (χ4v) is 1.51. The highest BCUT2D eigenvalue weighted by molar-refractivity contribution is 5.79. The molecule has 0 fully saturated rings. The Morgan fingerprint density at radius 1 is 1.50 bits per heavy atom. The summed E-state index contributed by atoms with van der Waals surface area (Å²) in [5, 5.41) is 0. The Morgan fingerprint density at radius 2 is 2.25 bits per heavy atom. The molecule has 0 unspecified atom stereocenters. The molecule has 2 heterocycles. The van der Waals surface area contributed by atoms with Crippen molar-refractivity contribution in [3.63, 3.8) is 0 Å². The van der Waals surface area contributed by atoms with Gasteiger partial charge in [-0.15, -0.1) is 0 Å². The number of carbonyl (C=O) groups excluding carboxylic acids is 1. The summed E-state index contributed by atoms with van der Waals surface area (Å²) in [7, 11) is 0. The van der Waals surface area contributed by atoms with Gasteiger partial charge >= 0.3 is 0 Å². The first kappa shape index (κ1) is 10.8. The van der Waals surface area contributed by atoms with Gasteiger partial charge in [0.1, 0.15) is 11.3 Å². The number of Topliss-reactive ketones (excluding diaryl/α,β-unsaturated/α-hetero) is 1. The Morgan fingerprint density at radius 3 is 2.88 bits per heavy atom. The number of aromatic nitrogens is 2. The minimum Gasteiger partial charge on any atom is -0.422 e. The molecule has 0 spiro atoms. The Labute approximate surface area is 93.7 Å². The molecule has 16 heavy (non-hydrogen) atoms. The predicted octanol–water partition coefficient (Wildman–Crippen LogP) is 2.48. The van der Waals surface area contributed by atoms with Gasteiger partial charge in [-0.1, -0.05) is 13.8 Å². The first-order valence-electron chi connectivity index (χ1n) is 5.31. The van der Waals surface area contributed by atoms with Crippen molar-refractivity contribution in [3.05, 3.63) is 23.7 Å². The molecule has 0 aliphatic rings. The van der Waals surface area contributed by atoms with Gasteiger partial charge in [-0.05, 0) is 18.6 Å². The summed E-state index contributed by atoms with van der Waals surface area (Å²) >= 11 is 0. The Bertz CT molecular complexity index is 529. The lowest BCUT2D eigenvalue weighted by atomic mass is 10.1. The number of oxazole rings is 1. The zero-order chi connectivity index (χ0) is 11.7. The molecule has 4 nitrogen and oxygen atoms in total. The van der Waals surface area contributed by atoms with Crippen LogP contribution in [0.2, 0.25) is 0 Å². The van der Waals surface area contributed by atoms with Gasteiger partial charge in [0.2, 0.25) is 5.71 Å². The molecule has 0 atom stereocenters. The van der Waals surface area contributed by atoms with Gasteiger partial charge in [-0.25, -0.2) is 9.97 Å². The van der Waals surface area contributed by atoms with Crippen LogP contribution >= 0.6 is 0 Å². The highest BCUT2D eigenvalue weighted by Crippen LogP contribution is 2.20. The quantitative estimate of drug-likeness (QED) is 0.794. The van der Waals surface area contributed by atoms with Crippen LogP contribution < -0.4 is 0 Å². The zero-order valence-corrected chi connectivity index (χ0v) is 9.65. The Hall–Kier alpha value is -1.71. The van der Waals surface area contributed by atoms with E-state index >= 15 is 0 Å². The van der Waals surface area contributed by atoms with E-state index in [0.717, 1.165) is 11.1 Å². The smallest absolute Gasteiger partial charge is 0.246 e. The normalized spacial score (nSPS) is 11.2. The summed E-state index contributed by atoms with van der Waals surface area (Å²) in [6, 6.07) is 1.86. The molecule has 2 rings (SSSR count). The second-order valence-electron chi connectivity index (χ2n) is 4.25. The second-order valence-corrected chi connectivity index (χ2v) is 4.25. The average molecular weight is 218 g/mol. The van der Waals surface area contributed by atoms with E-state index in [9.17, 15) is 4.79 Å². The van der Waals surface area contributed by atoms with Crippen LogP contribution in [0.25, 0.3) is 11.2 Å². The van der Waals surface area contributed by atoms with Crippen molar-refractivity contribution in [3.8, 4) is 0 Å². The number of pyridine rings is 1. The summed E-state index contributed by atoms with van der Waals surface area (Å²) < 4.78 is 5.48. The summed E-state index contributed by atoms with van der Waals surface area (Å²) in [6.45, 7) is 5.59. The lowest BCUT2D eigenvalue weighted by Crippen LogP contribution is -1.96. The highest BCUT2D eigenvalue weighted by atomic mass is 16.4. The van der Waals surface area contributed by atoms with E-state index < -0.39 is 0 Å².